The molecule has 0 rings (SSSR count). The van der Waals surface area contributed by atoms with E-state index in [9.17, 15) is 0 Å². The van der Waals surface area contributed by atoms with E-state index >= 15 is 0 Å². The Morgan fingerprint density at radius 3 is 2.18 bits per heavy atom. The van der Waals surface area contributed by atoms with Gasteiger partial charge in [-0.3, -0.25) is 0 Å². The largest absolute Gasteiger partial charge is 0.422 e. The lowest BCUT2D eigenvalue weighted by Gasteiger charge is -2.37. The Labute approximate surface area is 73.8 Å². The summed E-state index contributed by atoms with van der Waals surface area (Å²) in [6, 6.07) is 0. The van der Waals surface area contributed by atoms with Gasteiger partial charge in [0.25, 0.3) is 0 Å². The molecule has 1 nitrogen and oxygen atoms in total. The van der Waals surface area contributed by atoms with E-state index in [1.165, 1.54) is 0 Å². The smallest absolute Gasteiger partial charge is 0.158 e. The summed E-state index contributed by atoms with van der Waals surface area (Å²) in [5.41, 5.74) is 2.11. The Hall–Kier alpha value is 0.134. The fraction of sp³-hybridized carbons (Fsp3) is 0.750. The molecule has 0 N–H and O–H groups in total. The SMILES string of the molecule is C=C[Si](C)(C)C(C)(C)O[SiH2]C. The topological polar surface area (TPSA) is 9.23 Å². The molecular weight excluding hydrogens is 168 g/mol. The minimum atomic E-state index is -1.35. The average molecular weight is 188 g/mol. The van der Waals surface area contributed by atoms with Gasteiger partial charge in [0, 0.05) is 5.22 Å². The Balaban J connectivity index is 4.38. The van der Waals surface area contributed by atoms with Crippen molar-refractivity contribution in [1.82, 2.24) is 0 Å². The van der Waals surface area contributed by atoms with Crippen LogP contribution in [0.4, 0.5) is 0 Å². The molecule has 0 spiro atoms. The van der Waals surface area contributed by atoms with Crippen LogP contribution in [-0.2, 0) is 4.43 Å². The van der Waals surface area contributed by atoms with Gasteiger partial charge in [0.05, 0.1) is 0 Å². The minimum absolute atomic E-state index is 0.0791. The summed E-state index contributed by atoms with van der Waals surface area (Å²) in [6.45, 7) is 15.0. The van der Waals surface area contributed by atoms with Crippen molar-refractivity contribution in [2.24, 2.45) is 0 Å². The first-order valence-corrected chi connectivity index (χ1v) is 9.22. The number of rotatable bonds is 4. The predicted octanol–water partition coefficient (Wildman–Crippen LogP) is 1.89. The van der Waals surface area contributed by atoms with Gasteiger partial charge in [0.1, 0.15) is 8.07 Å². The molecule has 0 aliphatic rings. The van der Waals surface area contributed by atoms with E-state index in [4.69, 9.17) is 4.43 Å². The summed E-state index contributed by atoms with van der Waals surface area (Å²) >= 11 is 0. The third-order valence-corrected chi connectivity index (χ3v) is 8.13. The molecule has 0 bridgehead atoms. The lowest BCUT2D eigenvalue weighted by Crippen LogP contribution is -2.51. The fourth-order valence-electron chi connectivity index (χ4n) is 0.793. The van der Waals surface area contributed by atoms with Gasteiger partial charge in [-0.05, 0) is 13.8 Å². The second kappa shape index (κ2) is 3.69. The van der Waals surface area contributed by atoms with Gasteiger partial charge in [0.2, 0.25) is 0 Å². The molecule has 0 amide bonds. The standard InChI is InChI=1S/C8H20OSi2/c1-7-11(5,6)8(2,3)9-10-4/h7H,1,10H2,2-6H3. The van der Waals surface area contributed by atoms with Crippen molar-refractivity contribution >= 4 is 17.8 Å². The zero-order chi connectivity index (χ0) is 9.12. The Morgan fingerprint density at radius 2 is 1.91 bits per heavy atom. The molecule has 0 aromatic carbocycles. The molecule has 0 aliphatic heterocycles. The highest BCUT2D eigenvalue weighted by Crippen LogP contribution is 2.24. The van der Waals surface area contributed by atoms with Crippen LogP contribution >= 0.6 is 0 Å². The van der Waals surface area contributed by atoms with Gasteiger partial charge in [-0.15, -0.1) is 6.58 Å². The highest BCUT2D eigenvalue weighted by molar-refractivity contribution is 6.84. The van der Waals surface area contributed by atoms with Crippen LogP contribution in [0, 0.1) is 0 Å². The molecule has 0 atom stereocenters. The normalized spacial score (nSPS) is 14.3. The van der Waals surface area contributed by atoms with Crippen molar-refractivity contribution in [3.63, 3.8) is 0 Å². The van der Waals surface area contributed by atoms with Crippen molar-refractivity contribution in [1.29, 1.82) is 0 Å². The van der Waals surface area contributed by atoms with E-state index in [-0.39, 0.29) is 15.0 Å². The molecule has 0 aromatic rings. The lowest BCUT2D eigenvalue weighted by molar-refractivity contribution is 0.198. The van der Waals surface area contributed by atoms with Crippen LogP contribution in [0.1, 0.15) is 13.8 Å². The molecule has 0 heterocycles. The first kappa shape index (κ1) is 11.1. The van der Waals surface area contributed by atoms with E-state index in [1.54, 1.807) is 0 Å². The van der Waals surface area contributed by atoms with E-state index in [0.29, 0.717) is 0 Å². The second-order valence-electron chi connectivity index (χ2n) is 3.87. The zero-order valence-corrected chi connectivity index (χ0v) is 10.8. The van der Waals surface area contributed by atoms with Gasteiger partial charge < -0.3 is 4.43 Å². The Morgan fingerprint density at radius 1 is 1.45 bits per heavy atom. The van der Waals surface area contributed by atoms with Crippen LogP contribution in [0.3, 0.4) is 0 Å². The molecule has 11 heavy (non-hydrogen) atoms. The van der Waals surface area contributed by atoms with Gasteiger partial charge in [-0.25, -0.2) is 0 Å². The van der Waals surface area contributed by atoms with Gasteiger partial charge >= 0.3 is 0 Å². The molecule has 66 valence electrons. The third kappa shape index (κ3) is 2.58. The molecule has 0 saturated carbocycles. The maximum Gasteiger partial charge on any atom is 0.158 e. The highest BCUT2D eigenvalue weighted by Gasteiger charge is 2.36. The van der Waals surface area contributed by atoms with Crippen LogP contribution in [0.15, 0.2) is 12.3 Å². The summed E-state index contributed by atoms with van der Waals surface area (Å²) in [5.74, 6) is 0. The fourth-order valence-corrected chi connectivity index (χ4v) is 3.93. The zero-order valence-electron chi connectivity index (χ0n) is 8.40. The van der Waals surface area contributed by atoms with Gasteiger partial charge in [0.15, 0.2) is 9.76 Å². The molecule has 0 unspecified atom stereocenters. The van der Waals surface area contributed by atoms with Crippen molar-refractivity contribution < 1.29 is 4.43 Å². The van der Waals surface area contributed by atoms with Crippen molar-refractivity contribution in [2.45, 2.75) is 38.7 Å². The molecule has 0 radical (unpaired) electrons. The maximum absolute atomic E-state index is 5.81. The first-order chi connectivity index (χ1) is 4.87. The molecule has 0 saturated heterocycles. The van der Waals surface area contributed by atoms with E-state index in [2.05, 4.69) is 45.8 Å². The van der Waals surface area contributed by atoms with Crippen LogP contribution in [-0.4, -0.2) is 23.1 Å². The van der Waals surface area contributed by atoms with E-state index in [1.807, 2.05) is 0 Å². The lowest BCUT2D eigenvalue weighted by atomic mass is 10.5. The maximum atomic E-state index is 5.81. The summed E-state index contributed by atoms with van der Waals surface area (Å²) in [6.07, 6.45) is 0. The predicted molar refractivity (Wildman–Crippen MR) is 57.3 cm³/mol. The van der Waals surface area contributed by atoms with Crippen LogP contribution < -0.4 is 0 Å². The van der Waals surface area contributed by atoms with Crippen LogP contribution in [0.2, 0.25) is 19.6 Å². The molecule has 3 heteroatoms. The van der Waals surface area contributed by atoms with Crippen LogP contribution in [0.5, 0.6) is 0 Å². The number of hydrogen-bond donors (Lipinski definition) is 0. The van der Waals surface area contributed by atoms with Crippen molar-refractivity contribution in [2.75, 3.05) is 0 Å². The second-order valence-corrected chi connectivity index (χ2v) is 9.79. The molecular formula is C8H20OSi2. The van der Waals surface area contributed by atoms with E-state index in [0.717, 1.165) is 0 Å². The van der Waals surface area contributed by atoms with Crippen LogP contribution in [0.25, 0.3) is 0 Å². The summed E-state index contributed by atoms with van der Waals surface area (Å²) < 4.78 is 5.81. The summed E-state index contributed by atoms with van der Waals surface area (Å²) in [4.78, 5) is 0. The van der Waals surface area contributed by atoms with Gasteiger partial charge in [-0.1, -0.05) is 25.3 Å². The Bertz CT molecular complexity index is 141. The van der Waals surface area contributed by atoms with Crippen molar-refractivity contribution in [3.05, 3.63) is 12.3 Å². The average Bonchev–Trinajstić information content (AvgIpc) is 1.87. The van der Waals surface area contributed by atoms with E-state index < -0.39 is 8.07 Å². The first-order valence-electron chi connectivity index (χ1n) is 4.15. The van der Waals surface area contributed by atoms with Gasteiger partial charge in [-0.2, -0.15) is 0 Å². The number of hydrogen-bond acceptors (Lipinski definition) is 1. The minimum Gasteiger partial charge on any atom is -0.422 e. The Kier molecular flexibility index (Phi) is 3.74. The quantitative estimate of drug-likeness (QED) is 0.612. The molecule has 0 aliphatic carbocycles. The highest BCUT2D eigenvalue weighted by atomic mass is 28.3. The summed E-state index contributed by atoms with van der Waals surface area (Å²) in [7, 11) is -1.64. The summed E-state index contributed by atoms with van der Waals surface area (Å²) in [5, 5.41) is 0.0791. The monoisotopic (exact) mass is 188 g/mol. The molecule has 0 fully saturated rings. The molecule has 0 aromatic heterocycles. The third-order valence-electron chi connectivity index (χ3n) is 2.57. The van der Waals surface area contributed by atoms with Crippen molar-refractivity contribution in [3.8, 4) is 0 Å².